The molecule has 0 saturated heterocycles. The average molecular weight is 470 g/mol. The zero-order chi connectivity index (χ0) is 22.8. The topological polar surface area (TPSA) is 246 Å². The fourth-order valence-electron chi connectivity index (χ4n) is 2.79. The Kier molecular flexibility index (Phi) is 6.30. The zero-order valence-electron chi connectivity index (χ0n) is 15.8. The third kappa shape index (κ3) is 4.68. The maximum atomic E-state index is 12.9. The van der Waals surface area contributed by atoms with Gasteiger partial charge in [-0.25, -0.2) is 26.7 Å². The standard InChI is InChI=1S/C15H19N9O5S2/c16-5-8(25)6-20-31(28,29)12-2-1-10(9-3-4-19-7-11(9)17)13(14(12)30(18,26)27)15-21-23-24-22-15/h1-4,7-8,20,25H,5-6,16-17H2,(H2,18,26,27)(H,21,22,23,24). The Morgan fingerprint density at radius 1 is 1.16 bits per heavy atom. The smallest absolute Gasteiger partial charge is 0.242 e. The highest BCUT2D eigenvalue weighted by molar-refractivity contribution is 7.92. The monoisotopic (exact) mass is 469 g/mol. The second kappa shape index (κ2) is 8.61. The molecule has 0 saturated carbocycles. The number of anilines is 1. The van der Waals surface area contributed by atoms with Gasteiger partial charge in [0.05, 0.1) is 23.6 Å². The molecule has 2 aromatic heterocycles. The predicted molar refractivity (Wildman–Crippen MR) is 109 cm³/mol. The number of pyridine rings is 1. The van der Waals surface area contributed by atoms with Crippen molar-refractivity contribution in [1.29, 1.82) is 0 Å². The molecular formula is C15H19N9O5S2. The number of rotatable bonds is 8. The van der Waals surface area contributed by atoms with Gasteiger partial charge in [0.1, 0.15) is 9.79 Å². The van der Waals surface area contributed by atoms with Crippen molar-refractivity contribution in [1.82, 2.24) is 30.3 Å². The molecule has 31 heavy (non-hydrogen) atoms. The highest BCUT2D eigenvalue weighted by Crippen LogP contribution is 2.40. The summed E-state index contributed by atoms with van der Waals surface area (Å²) < 4.78 is 53.0. The van der Waals surface area contributed by atoms with E-state index in [0.717, 1.165) is 6.07 Å². The van der Waals surface area contributed by atoms with E-state index in [0.29, 0.717) is 5.56 Å². The van der Waals surface area contributed by atoms with Gasteiger partial charge in [-0.15, -0.1) is 10.2 Å². The van der Waals surface area contributed by atoms with Crippen molar-refractivity contribution < 1.29 is 21.9 Å². The van der Waals surface area contributed by atoms with Gasteiger partial charge in [-0.3, -0.25) is 4.98 Å². The van der Waals surface area contributed by atoms with E-state index in [-0.39, 0.29) is 29.2 Å². The molecule has 14 nitrogen and oxygen atoms in total. The molecule has 0 aliphatic rings. The Balaban J connectivity index is 2.36. The van der Waals surface area contributed by atoms with Gasteiger partial charge in [-0.1, -0.05) is 6.07 Å². The molecule has 16 heteroatoms. The first-order valence-corrected chi connectivity index (χ1v) is 11.6. The molecule has 0 amide bonds. The van der Waals surface area contributed by atoms with Crippen LogP contribution in [0.15, 0.2) is 40.4 Å². The second-order valence-corrected chi connectivity index (χ2v) is 9.53. The lowest BCUT2D eigenvalue weighted by atomic mass is 9.99. The van der Waals surface area contributed by atoms with Gasteiger partial charge in [0.25, 0.3) is 0 Å². The van der Waals surface area contributed by atoms with Gasteiger partial charge < -0.3 is 16.6 Å². The molecule has 0 bridgehead atoms. The van der Waals surface area contributed by atoms with E-state index in [1.165, 1.54) is 24.5 Å². The van der Waals surface area contributed by atoms with Gasteiger partial charge in [0, 0.05) is 24.8 Å². The van der Waals surface area contributed by atoms with Crippen LogP contribution in [0.3, 0.4) is 0 Å². The van der Waals surface area contributed by atoms with Crippen molar-refractivity contribution in [3.05, 3.63) is 30.6 Å². The average Bonchev–Trinajstić information content (AvgIpc) is 3.25. The minimum atomic E-state index is -4.65. The number of aromatic nitrogens is 5. The van der Waals surface area contributed by atoms with E-state index in [4.69, 9.17) is 16.6 Å². The molecule has 3 aromatic rings. The summed E-state index contributed by atoms with van der Waals surface area (Å²) in [5, 5.41) is 28.2. The van der Waals surface area contributed by atoms with Crippen LogP contribution in [0.2, 0.25) is 0 Å². The number of primary sulfonamides is 1. The number of nitrogen functional groups attached to an aromatic ring is 1. The summed E-state index contributed by atoms with van der Waals surface area (Å²) in [6, 6.07) is 3.89. The molecule has 2 heterocycles. The SMILES string of the molecule is NCC(O)CNS(=O)(=O)c1ccc(-c2ccncc2N)c(-c2nn[nH]n2)c1S(N)(=O)=O. The maximum Gasteiger partial charge on any atom is 0.242 e. The number of benzene rings is 1. The summed E-state index contributed by atoms with van der Waals surface area (Å²) in [5.74, 6) is -0.228. The normalized spacial score (nSPS) is 13.3. The number of H-pyrrole nitrogens is 1. The Morgan fingerprint density at radius 3 is 2.48 bits per heavy atom. The number of hydrogen-bond donors (Lipinski definition) is 6. The van der Waals surface area contributed by atoms with Crippen molar-refractivity contribution in [3.63, 3.8) is 0 Å². The van der Waals surface area contributed by atoms with E-state index in [1.807, 2.05) is 0 Å². The number of hydrogen-bond acceptors (Lipinski definition) is 11. The number of tetrazole rings is 1. The van der Waals surface area contributed by atoms with E-state index in [1.54, 1.807) is 0 Å². The van der Waals surface area contributed by atoms with Crippen molar-refractivity contribution in [2.24, 2.45) is 10.9 Å². The molecule has 1 atom stereocenters. The lowest BCUT2D eigenvalue weighted by Crippen LogP contribution is -2.36. The van der Waals surface area contributed by atoms with Gasteiger partial charge in [0.15, 0.2) is 0 Å². The summed E-state index contributed by atoms with van der Waals surface area (Å²) in [6.45, 7) is -0.654. The lowest BCUT2D eigenvalue weighted by molar-refractivity contribution is 0.186. The van der Waals surface area contributed by atoms with Crippen molar-refractivity contribution in [2.75, 3.05) is 18.8 Å². The summed E-state index contributed by atoms with van der Waals surface area (Å²) in [6.07, 6.45) is 1.58. The minimum Gasteiger partial charge on any atom is -0.397 e. The maximum absolute atomic E-state index is 12.9. The van der Waals surface area contributed by atoms with Gasteiger partial charge >= 0.3 is 0 Å². The molecule has 0 aliphatic heterocycles. The number of aliphatic hydroxyl groups is 1. The largest absolute Gasteiger partial charge is 0.397 e. The van der Waals surface area contributed by atoms with Crippen LogP contribution in [0, 0.1) is 0 Å². The molecule has 9 N–H and O–H groups in total. The third-order valence-corrected chi connectivity index (χ3v) is 6.78. The number of nitrogens with zero attached hydrogens (tertiary/aromatic N) is 4. The molecule has 0 aliphatic carbocycles. The van der Waals surface area contributed by atoms with Crippen molar-refractivity contribution in [3.8, 4) is 22.5 Å². The summed E-state index contributed by atoms with van der Waals surface area (Å²) in [5.41, 5.74) is 11.7. The van der Waals surface area contributed by atoms with Gasteiger partial charge in [-0.2, -0.15) is 5.21 Å². The van der Waals surface area contributed by atoms with E-state index in [9.17, 15) is 21.9 Å². The van der Waals surface area contributed by atoms with E-state index in [2.05, 4.69) is 30.3 Å². The van der Waals surface area contributed by atoms with Crippen molar-refractivity contribution >= 4 is 25.7 Å². The van der Waals surface area contributed by atoms with Gasteiger partial charge in [0.2, 0.25) is 25.9 Å². The molecule has 0 radical (unpaired) electrons. The Bertz CT molecular complexity index is 1290. The fourth-order valence-corrected chi connectivity index (χ4v) is 5.46. The highest BCUT2D eigenvalue weighted by atomic mass is 32.2. The van der Waals surface area contributed by atoms with Crippen LogP contribution in [0.4, 0.5) is 5.69 Å². The molecule has 1 unspecified atom stereocenters. The molecule has 0 spiro atoms. The molecule has 3 rings (SSSR count). The quantitative estimate of drug-likeness (QED) is 0.206. The van der Waals surface area contributed by atoms with Crippen LogP contribution in [0.1, 0.15) is 0 Å². The Hall–Kier alpha value is -3.02. The van der Waals surface area contributed by atoms with E-state index >= 15 is 0 Å². The summed E-state index contributed by atoms with van der Waals surface area (Å²) in [7, 11) is -9.10. The minimum absolute atomic E-state index is 0.186. The number of nitrogens with one attached hydrogen (secondary N) is 2. The molecular weight excluding hydrogens is 450 g/mol. The number of aromatic amines is 1. The first-order valence-electron chi connectivity index (χ1n) is 8.57. The second-order valence-electron chi connectivity index (χ2n) is 6.30. The molecule has 0 fully saturated rings. The van der Waals surface area contributed by atoms with Crippen LogP contribution in [-0.4, -0.2) is 66.7 Å². The molecule has 166 valence electrons. The zero-order valence-corrected chi connectivity index (χ0v) is 17.4. The Labute approximate surface area is 177 Å². The van der Waals surface area contributed by atoms with Gasteiger partial charge in [-0.05, 0) is 22.9 Å². The van der Waals surface area contributed by atoms with E-state index < -0.39 is 42.5 Å². The van der Waals surface area contributed by atoms with Crippen molar-refractivity contribution in [2.45, 2.75) is 15.9 Å². The number of nitrogens with two attached hydrogens (primary N) is 3. The van der Waals surface area contributed by atoms with Crippen LogP contribution in [0.25, 0.3) is 22.5 Å². The Morgan fingerprint density at radius 2 is 1.90 bits per heavy atom. The lowest BCUT2D eigenvalue weighted by Gasteiger charge is -2.17. The highest BCUT2D eigenvalue weighted by Gasteiger charge is 2.32. The third-order valence-electron chi connectivity index (χ3n) is 4.19. The van der Waals surface area contributed by atoms with Crippen LogP contribution in [0.5, 0.6) is 0 Å². The fraction of sp³-hybridized carbons (Fsp3) is 0.200. The summed E-state index contributed by atoms with van der Waals surface area (Å²) in [4.78, 5) is 2.44. The first kappa shape index (κ1) is 22.7. The predicted octanol–water partition coefficient (Wildman–Crippen LogP) is -2.24. The number of aliphatic hydroxyl groups excluding tert-OH is 1. The summed E-state index contributed by atoms with van der Waals surface area (Å²) >= 11 is 0. The molecule has 1 aromatic carbocycles. The van der Waals surface area contributed by atoms with Crippen LogP contribution in [-0.2, 0) is 20.0 Å². The van der Waals surface area contributed by atoms with Crippen LogP contribution >= 0.6 is 0 Å². The first-order chi connectivity index (χ1) is 14.6. The van der Waals surface area contributed by atoms with Crippen LogP contribution < -0.4 is 21.3 Å². The number of sulfonamides is 2.